The average Bonchev–Trinajstić information content (AvgIpc) is 2.91. The normalized spacial score (nSPS) is 12.2. The van der Waals surface area contributed by atoms with E-state index in [2.05, 4.69) is 31.3 Å². The second-order valence-electron chi connectivity index (χ2n) is 5.18. The van der Waals surface area contributed by atoms with E-state index in [0.717, 1.165) is 41.6 Å². The Hall–Kier alpha value is -1.76. The van der Waals surface area contributed by atoms with Crippen molar-refractivity contribution in [1.82, 2.24) is 20.2 Å². The predicted octanol–water partition coefficient (Wildman–Crippen LogP) is 2.62. The van der Waals surface area contributed by atoms with Crippen molar-refractivity contribution in [3.05, 3.63) is 23.3 Å². The van der Waals surface area contributed by atoms with Crippen molar-refractivity contribution in [2.45, 2.75) is 31.5 Å². The fourth-order valence-corrected chi connectivity index (χ4v) is 2.55. The van der Waals surface area contributed by atoms with Gasteiger partial charge >= 0.3 is 0 Å². The minimum Gasteiger partial charge on any atom is -0.493 e. The van der Waals surface area contributed by atoms with E-state index in [4.69, 9.17) is 4.74 Å². The van der Waals surface area contributed by atoms with Gasteiger partial charge in [-0.2, -0.15) is 4.80 Å². The van der Waals surface area contributed by atoms with Crippen LogP contribution in [0, 0.1) is 13.8 Å². The van der Waals surface area contributed by atoms with E-state index in [1.165, 1.54) is 4.80 Å². The number of alkyl halides is 1. The van der Waals surface area contributed by atoms with Crippen LogP contribution in [0.4, 0.5) is 0 Å². The number of aromatic nitrogens is 4. The molecule has 7 heteroatoms. The minimum atomic E-state index is -0.0941. The lowest BCUT2D eigenvalue weighted by Gasteiger charge is -2.13. The number of hydrogen-bond acceptors (Lipinski definition) is 5. The summed E-state index contributed by atoms with van der Waals surface area (Å²) in [6.07, 6.45) is 2.49. The van der Waals surface area contributed by atoms with Crippen molar-refractivity contribution in [3.63, 3.8) is 0 Å². The zero-order valence-corrected chi connectivity index (χ0v) is 14.5. The summed E-state index contributed by atoms with van der Waals surface area (Å²) < 4.78 is 5.86. The van der Waals surface area contributed by atoms with Gasteiger partial charge in [0.2, 0.25) is 5.82 Å². The third-order valence-corrected chi connectivity index (χ3v) is 3.92. The smallest absolute Gasteiger partial charge is 0.204 e. The molecule has 1 heterocycles. The van der Waals surface area contributed by atoms with Crippen LogP contribution in [-0.2, 0) is 11.8 Å². The van der Waals surface area contributed by atoms with E-state index in [1.54, 1.807) is 7.05 Å². The Kier molecular flexibility index (Phi) is 5.65. The summed E-state index contributed by atoms with van der Waals surface area (Å²) in [7, 11) is 1.74. The van der Waals surface area contributed by atoms with E-state index >= 15 is 0 Å². The van der Waals surface area contributed by atoms with Crippen LogP contribution in [0.15, 0.2) is 12.1 Å². The van der Waals surface area contributed by atoms with Crippen molar-refractivity contribution >= 4 is 22.2 Å². The number of halogens is 1. The SMILES string of the molecule is Cc1cc(-c2nnn(C)n2)cc(C)c1OCCCC(Br)C=O. The molecule has 0 saturated heterocycles. The van der Waals surface area contributed by atoms with Crippen LogP contribution in [-0.4, -0.2) is 37.9 Å². The predicted molar refractivity (Wildman–Crippen MR) is 87.2 cm³/mol. The standard InChI is InChI=1S/C15H19BrN4O2/c1-10-7-12(15-17-19-20(3)18-15)8-11(2)14(10)22-6-4-5-13(16)9-21/h7-9,13H,4-6H2,1-3H3. The van der Waals surface area contributed by atoms with E-state index in [9.17, 15) is 4.79 Å². The summed E-state index contributed by atoms with van der Waals surface area (Å²) in [6, 6.07) is 4.00. The lowest BCUT2D eigenvalue weighted by Crippen LogP contribution is -2.05. The van der Waals surface area contributed by atoms with Gasteiger partial charge < -0.3 is 9.53 Å². The summed E-state index contributed by atoms with van der Waals surface area (Å²) in [5.41, 5.74) is 3.00. The lowest BCUT2D eigenvalue weighted by molar-refractivity contribution is -0.107. The molecule has 0 aliphatic heterocycles. The molecule has 22 heavy (non-hydrogen) atoms. The summed E-state index contributed by atoms with van der Waals surface area (Å²) >= 11 is 3.28. The Morgan fingerprint density at radius 1 is 1.36 bits per heavy atom. The molecule has 0 aliphatic carbocycles. The molecule has 2 aromatic rings. The highest BCUT2D eigenvalue weighted by molar-refractivity contribution is 9.09. The number of benzene rings is 1. The Morgan fingerprint density at radius 2 is 2.05 bits per heavy atom. The second-order valence-corrected chi connectivity index (χ2v) is 6.36. The molecule has 1 unspecified atom stereocenters. The highest BCUT2D eigenvalue weighted by Gasteiger charge is 2.11. The van der Waals surface area contributed by atoms with Crippen molar-refractivity contribution < 1.29 is 9.53 Å². The molecule has 1 atom stereocenters. The summed E-state index contributed by atoms with van der Waals surface area (Å²) in [5.74, 6) is 1.48. The largest absolute Gasteiger partial charge is 0.493 e. The van der Waals surface area contributed by atoms with Crippen molar-refractivity contribution in [2.24, 2.45) is 7.05 Å². The van der Waals surface area contributed by atoms with Crippen LogP contribution >= 0.6 is 15.9 Å². The first-order valence-corrected chi connectivity index (χ1v) is 8.00. The monoisotopic (exact) mass is 366 g/mol. The van der Waals surface area contributed by atoms with E-state index in [1.807, 2.05) is 26.0 Å². The number of aldehydes is 1. The number of rotatable bonds is 7. The van der Waals surface area contributed by atoms with Crippen molar-refractivity contribution in [1.29, 1.82) is 0 Å². The molecular formula is C15H19BrN4O2. The van der Waals surface area contributed by atoms with Crippen LogP contribution in [0.2, 0.25) is 0 Å². The highest BCUT2D eigenvalue weighted by atomic mass is 79.9. The first-order valence-electron chi connectivity index (χ1n) is 7.09. The minimum absolute atomic E-state index is 0.0941. The van der Waals surface area contributed by atoms with Gasteiger partial charge in [-0.3, -0.25) is 0 Å². The van der Waals surface area contributed by atoms with Crippen LogP contribution < -0.4 is 4.74 Å². The van der Waals surface area contributed by atoms with Gasteiger partial charge in [0.15, 0.2) is 0 Å². The van der Waals surface area contributed by atoms with E-state index < -0.39 is 0 Å². The van der Waals surface area contributed by atoms with Gasteiger partial charge in [-0.05, 0) is 55.2 Å². The number of ether oxygens (including phenoxy) is 1. The third kappa shape index (κ3) is 4.13. The zero-order chi connectivity index (χ0) is 16.1. The van der Waals surface area contributed by atoms with Crippen LogP contribution in [0.1, 0.15) is 24.0 Å². The van der Waals surface area contributed by atoms with Crippen LogP contribution in [0.25, 0.3) is 11.4 Å². The fourth-order valence-electron chi connectivity index (χ4n) is 2.23. The van der Waals surface area contributed by atoms with Gasteiger partial charge in [-0.1, -0.05) is 15.9 Å². The lowest BCUT2D eigenvalue weighted by atomic mass is 10.1. The quantitative estimate of drug-likeness (QED) is 0.428. The molecule has 118 valence electrons. The fraction of sp³-hybridized carbons (Fsp3) is 0.467. The van der Waals surface area contributed by atoms with Crippen molar-refractivity contribution in [3.8, 4) is 17.1 Å². The number of hydrogen-bond donors (Lipinski definition) is 0. The number of carbonyl (C=O) groups excluding carboxylic acids is 1. The molecule has 0 saturated carbocycles. The third-order valence-electron chi connectivity index (χ3n) is 3.25. The second kappa shape index (κ2) is 7.49. The number of nitrogens with zero attached hydrogens (tertiary/aromatic N) is 4. The molecular weight excluding hydrogens is 348 g/mol. The summed E-state index contributed by atoms with van der Waals surface area (Å²) in [4.78, 5) is 11.9. The molecule has 2 rings (SSSR count). The van der Waals surface area contributed by atoms with Gasteiger partial charge in [-0.25, -0.2) is 0 Å². The van der Waals surface area contributed by atoms with Crippen LogP contribution in [0.5, 0.6) is 5.75 Å². The molecule has 6 nitrogen and oxygen atoms in total. The number of carbonyl (C=O) groups is 1. The maximum atomic E-state index is 10.5. The highest BCUT2D eigenvalue weighted by Crippen LogP contribution is 2.28. The maximum absolute atomic E-state index is 10.5. The van der Waals surface area contributed by atoms with E-state index in [-0.39, 0.29) is 4.83 Å². The van der Waals surface area contributed by atoms with Gasteiger partial charge in [-0.15, -0.1) is 10.2 Å². The molecule has 0 fully saturated rings. The average molecular weight is 367 g/mol. The molecule has 1 aromatic carbocycles. The van der Waals surface area contributed by atoms with Gasteiger partial charge in [0, 0.05) is 5.56 Å². The Bertz CT molecular complexity index is 634. The Balaban J connectivity index is 2.05. The Labute approximate surface area is 138 Å². The maximum Gasteiger partial charge on any atom is 0.204 e. The van der Waals surface area contributed by atoms with Gasteiger partial charge in [0.05, 0.1) is 18.5 Å². The molecule has 0 spiro atoms. The van der Waals surface area contributed by atoms with Crippen molar-refractivity contribution in [2.75, 3.05) is 6.61 Å². The molecule has 1 aromatic heterocycles. The molecule has 0 aliphatic rings. The first-order chi connectivity index (χ1) is 10.5. The van der Waals surface area contributed by atoms with E-state index in [0.29, 0.717) is 12.4 Å². The van der Waals surface area contributed by atoms with Crippen LogP contribution in [0.3, 0.4) is 0 Å². The molecule has 0 amide bonds. The molecule has 0 N–H and O–H groups in total. The van der Waals surface area contributed by atoms with Gasteiger partial charge in [0.1, 0.15) is 12.0 Å². The Morgan fingerprint density at radius 3 is 2.59 bits per heavy atom. The summed E-state index contributed by atoms with van der Waals surface area (Å²) in [6.45, 7) is 4.59. The number of tetrazole rings is 1. The summed E-state index contributed by atoms with van der Waals surface area (Å²) in [5, 5.41) is 12.1. The topological polar surface area (TPSA) is 69.9 Å². The molecule has 0 bridgehead atoms. The molecule has 0 radical (unpaired) electrons. The zero-order valence-electron chi connectivity index (χ0n) is 12.9. The van der Waals surface area contributed by atoms with Gasteiger partial charge in [0.25, 0.3) is 0 Å². The first kappa shape index (κ1) is 16.6. The number of aryl methyl sites for hydroxylation is 3.